The number of hydrogen-bond acceptors (Lipinski definition) is 4. The third kappa shape index (κ3) is 3.76. The number of aromatic nitrogens is 3. The van der Waals surface area contributed by atoms with Crippen LogP contribution in [0.15, 0.2) is 6.33 Å². The van der Waals surface area contributed by atoms with Crippen molar-refractivity contribution in [3.63, 3.8) is 0 Å². The summed E-state index contributed by atoms with van der Waals surface area (Å²) < 4.78 is 1.91. The summed E-state index contributed by atoms with van der Waals surface area (Å²) in [5.41, 5.74) is 0. The first kappa shape index (κ1) is 14.0. The van der Waals surface area contributed by atoms with Gasteiger partial charge in [-0.1, -0.05) is 6.42 Å². The molecule has 0 aliphatic carbocycles. The molecule has 6 heteroatoms. The first-order valence-corrected chi connectivity index (χ1v) is 7.03. The molecule has 0 saturated carbocycles. The van der Waals surface area contributed by atoms with Crippen LogP contribution in [0.3, 0.4) is 0 Å². The molecule has 2 heterocycles. The largest absolute Gasteiger partial charge is 0.481 e. The van der Waals surface area contributed by atoms with Gasteiger partial charge in [-0.15, -0.1) is 0 Å². The van der Waals surface area contributed by atoms with Crippen molar-refractivity contribution < 1.29 is 9.90 Å². The Bertz CT molecular complexity index is 419. The number of likely N-dealkylation sites (tertiary alicyclic amines) is 1. The summed E-state index contributed by atoms with van der Waals surface area (Å²) in [4.78, 5) is 17.4. The number of carboxylic acid groups (broad SMARTS) is 1. The Morgan fingerprint density at radius 3 is 3.11 bits per heavy atom. The molecule has 0 spiro atoms. The predicted molar refractivity (Wildman–Crippen MR) is 70.6 cm³/mol. The Hall–Kier alpha value is -1.43. The van der Waals surface area contributed by atoms with Crippen molar-refractivity contribution in [1.29, 1.82) is 0 Å². The van der Waals surface area contributed by atoms with Crippen molar-refractivity contribution in [2.75, 3.05) is 6.54 Å². The molecule has 2 rings (SSSR count). The zero-order valence-corrected chi connectivity index (χ0v) is 11.5. The number of piperidine rings is 1. The molecule has 1 unspecified atom stereocenters. The lowest BCUT2D eigenvalue weighted by Gasteiger charge is -2.35. The van der Waals surface area contributed by atoms with Gasteiger partial charge in [-0.25, -0.2) is 9.67 Å². The van der Waals surface area contributed by atoms with Gasteiger partial charge in [-0.3, -0.25) is 9.69 Å². The standard InChI is InChI=1S/C13H22N4O2/c1-2-17-12(14-10-15-17)9-16-8-4-3-5-11(16)6-7-13(18)19/h10-11H,2-9H2,1H3,(H,18,19). The third-order valence-corrected chi connectivity index (χ3v) is 3.78. The highest BCUT2D eigenvalue weighted by molar-refractivity contribution is 5.66. The second kappa shape index (κ2) is 6.65. The van der Waals surface area contributed by atoms with E-state index < -0.39 is 5.97 Å². The Labute approximate surface area is 113 Å². The van der Waals surface area contributed by atoms with Crippen LogP contribution in [0.1, 0.15) is 44.9 Å². The number of aryl methyl sites for hydroxylation is 1. The van der Waals surface area contributed by atoms with E-state index in [1.54, 1.807) is 6.33 Å². The van der Waals surface area contributed by atoms with Gasteiger partial charge in [-0.05, 0) is 32.7 Å². The van der Waals surface area contributed by atoms with Crippen molar-refractivity contribution in [1.82, 2.24) is 19.7 Å². The highest BCUT2D eigenvalue weighted by atomic mass is 16.4. The first-order valence-electron chi connectivity index (χ1n) is 7.03. The van der Waals surface area contributed by atoms with Crippen LogP contribution in [0.2, 0.25) is 0 Å². The van der Waals surface area contributed by atoms with Crippen molar-refractivity contribution in [2.24, 2.45) is 0 Å². The van der Waals surface area contributed by atoms with Gasteiger partial charge in [0.15, 0.2) is 0 Å². The Morgan fingerprint density at radius 2 is 2.37 bits per heavy atom. The summed E-state index contributed by atoms with van der Waals surface area (Å²) in [7, 11) is 0. The fourth-order valence-corrected chi connectivity index (χ4v) is 2.74. The summed E-state index contributed by atoms with van der Waals surface area (Å²) in [6, 6.07) is 0.367. The minimum atomic E-state index is -0.706. The van der Waals surface area contributed by atoms with Crippen LogP contribution in [-0.2, 0) is 17.9 Å². The second-order valence-electron chi connectivity index (χ2n) is 5.04. The van der Waals surface area contributed by atoms with Gasteiger partial charge in [-0.2, -0.15) is 5.10 Å². The molecule has 1 aliphatic heterocycles. The number of rotatable bonds is 6. The number of aliphatic carboxylic acids is 1. The Kier molecular flexibility index (Phi) is 4.90. The first-order chi connectivity index (χ1) is 9.20. The lowest BCUT2D eigenvalue weighted by atomic mass is 9.98. The molecule has 1 N–H and O–H groups in total. The quantitative estimate of drug-likeness (QED) is 0.845. The Balaban J connectivity index is 1.97. The third-order valence-electron chi connectivity index (χ3n) is 3.78. The monoisotopic (exact) mass is 266 g/mol. The maximum Gasteiger partial charge on any atom is 0.303 e. The summed E-state index contributed by atoms with van der Waals surface area (Å²) in [5.74, 6) is 0.270. The molecule has 0 bridgehead atoms. The highest BCUT2D eigenvalue weighted by Crippen LogP contribution is 2.22. The molecule has 1 fully saturated rings. The van der Waals surface area contributed by atoms with Gasteiger partial charge >= 0.3 is 5.97 Å². The van der Waals surface area contributed by atoms with E-state index >= 15 is 0 Å². The van der Waals surface area contributed by atoms with Gasteiger partial charge in [0.1, 0.15) is 12.2 Å². The Morgan fingerprint density at radius 1 is 1.53 bits per heavy atom. The molecule has 1 saturated heterocycles. The van der Waals surface area contributed by atoms with Crippen molar-refractivity contribution in [3.8, 4) is 0 Å². The molecule has 1 aromatic rings. The van der Waals surface area contributed by atoms with E-state index in [9.17, 15) is 4.79 Å². The lowest BCUT2D eigenvalue weighted by Crippen LogP contribution is -2.39. The molecule has 0 aromatic carbocycles. The molecule has 0 radical (unpaired) electrons. The average Bonchev–Trinajstić information content (AvgIpc) is 2.85. The summed E-state index contributed by atoms with van der Waals surface area (Å²) in [6.07, 6.45) is 6.05. The fourth-order valence-electron chi connectivity index (χ4n) is 2.74. The van der Waals surface area contributed by atoms with Crippen LogP contribution in [-0.4, -0.2) is 43.3 Å². The van der Waals surface area contributed by atoms with Crippen LogP contribution in [0.4, 0.5) is 0 Å². The fraction of sp³-hybridized carbons (Fsp3) is 0.769. The molecule has 19 heavy (non-hydrogen) atoms. The van der Waals surface area contributed by atoms with E-state index in [1.807, 2.05) is 4.68 Å². The molecule has 1 atom stereocenters. The predicted octanol–water partition coefficient (Wildman–Crippen LogP) is 1.52. The molecule has 106 valence electrons. The second-order valence-corrected chi connectivity index (χ2v) is 5.04. The maximum absolute atomic E-state index is 10.7. The zero-order valence-electron chi connectivity index (χ0n) is 11.5. The average molecular weight is 266 g/mol. The number of hydrogen-bond donors (Lipinski definition) is 1. The van der Waals surface area contributed by atoms with Crippen LogP contribution in [0.25, 0.3) is 0 Å². The highest BCUT2D eigenvalue weighted by Gasteiger charge is 2.24. The number of carboxylic acids is 1. The van der Waals surface area contributed by atoms with Gasteiger partial charge in [0.05, 0.1) is 6.54 Å². The van der Waals surface area contributed by atoms with E-state index in [0.29, 0.717) is 6.04 Å². The summed E-state index contributed by atoms with van der Waals surface area (Å²) in [6.45, 7) is 4.68. The molecule has 6 nitrogen and oxygen atoms in total. The van der Waals surface area contributed by atoms with Gasteiger partial charge in [0, 0.05) is 19.0 Å². The topological polar surface area (TPSA) is 71.2 Å². The minimum absolute atomic E-state index is 0.252. The molecular weight excluding hydrogens is 244 g/mol. The normalized spacial score (nSPS) is 20.6. The van der Waals surface area contributed by atoms with Crippen LogP contribution in [0.5, 0.6) is 0 Å². The lowest BCUT2D eigenvalue weighted by molar-refractivity contribution is -0.137. The smallest absolute Gasteiger partial charge is 0.303 e. The van der Waals surface area contributed by atoms with Gasteiger partial charge in [0.25, 0.3) is 0 Å². The number of carbonyl (C=O) groups is 1. The molecular formula is C13H22N4O2. The zero-order chi connectivity index (χ0) is 13.7. The van der Waals surface area contributed by atoms with Crippen molar-refractivity contribution in [2.45, 2.75) is 58.2 Å². The molecule has 1 aromatic heterocycles. The molecule has 0 amide bonds. The maximum atomic E-state index is 10.7. The van der Waals surface area contributed by atoms with E-state index in [1.165, 1.54) is 12.8 Å². The van der Waals surface area contributed by atoms with E-state index in [0.717, 1.165) is 38.3 Å². The van der Waals surface area contributed by atoms with Crippen molar-refractivity contribution in [3.05, 3.63) is 12.2 Å². The molecule has 1 aliphatic rings. The SMILES string of the molecule is CCn1ncnc1CN1CCCCC1CCC(=O)O. The van der Waals surface area contributed by atoms with Crippen LogP contribution >= 0.6 is 0 Å². The van der Waals surface area contributed by atoms with Gasteiger partial charge in [0.2, 0.25) is 0 Å². The van der Waals surface area contributed by atoms with Crippen molar-refractivity contribution >= 4 is 5.97 Å². The van der Waals surface area contributed by atoms with Gasteiger partial charge < -0.3 is 5.11 Å². The van der Waals surface area contributed by atoms with E-state index in [-0.39, 0.29) is 6.42 Å². The summed E-state index contributed by atoms with van der Waals surface area (Å²) >= 11 is 0. The van der Waals surface area contributed by atoms with E-state index in [4.69, 9.17) is 5.11 Å². The summed E-state index contributed by atoms with van der Waals surface area (Å²) in [5, 5.41) is 13.0. The van der Waals surface area contributed by atoms with E-state index in [2.05, 4.69) is 21.9 Å². The van der Waals surface area contributed by atoms with Crippen LogP contribution in [0, 0.1) is 0 Å². The van der Waals surface area contributed by atoms with Crippen LogP contribution < -0.4 is 0 Å². The minimum Gasteiger partial charge on any atom is -0.481 e. The number of nitrogens with zero attached hydrogens (tertiary/aromatic N) is 4.